The van der Waals surface area contributed by atoms with Crippen molar-refractivity contribution in [2.45, 2.75) is 19.5 Å². The van der Waals surface area contributed by atoms with Crippen molar-refractivity contribution in [3.63, 3.8) is 0 Å². The number of hydrogen-bond donors (Lipinski definition) is 3. The Morgan fingerprint density at radius 1 is 1.63 bits per heavy atom. The zero-order valence-electron chi connectivity index (χ0n) is 10.7. The lowest BCUT2D eigenvalue weighted by Gasteiger charge is -2.32. The largest absolute Gasteiger partial charge is 0.353 e. The van der Waals surface area contributed by atoms with E-state index in [4.69, 9.17) is 5.84 Å². The molecule has 104 valence electrons. The van der Waals surface area contributed by atoms with Crippen LogP contribution in [0.1, 0.15) is 17.4 Å². The molecule has 1 atom stereocenters. The van der Waals surface area contributed by atoms with E-state index in [-0.39, 0.29) is 17.6 Å². The van der Waals surface area contributed by atoms with E-state index in [0.717, 1.165) is 6.54 Å². The summed E-state index contributed by atoms with van der Waals surface area (Å²) in [5, 5.41) is 10.3. The van der Waals surface area contributed by atoms with Crippen molar-refractivity contribution < 1.29 is 9.59 Å². The van der Waals surface area contributed by atoms with E-state index in [0.29, 0.717) is 19.6 Å². The molecule has 2 rings (SSSR count). The molecular formula is C10H17N7O2. The Hall–Kier alpha value is -2.00. The van der Waals surface area contributed by atoms with Crippen LogP contribution in [-0.2, 0) is 11.3 Å². The lowest BCUT2D eigenvalue weighted by molar-refractivity contribution is -0.128. The summed E-state index contributed by atoms with van der Waals surface area (Å²) >= 11 is 0. The van der Waals surface area contributed by atoms with Crippen LogP contribution < -0.4 is 16.6 Å². The first-order valence-electron chi connectivity index (χ1n) is 6.04. The highest BCUT2D eigenvalue weighted by molar-refractivity contribution is 5.91. The lowest BCUT2D eigenvalue weighted by atomic mass is 10.2. The van der Waals surface area contributed by atoms with Crippen molar-refractivity contribution in [3.8, 4) is 0 Å². The standard InChI is InChI=1S/C10H17N7O2/c1-7-9(18)12-2-3-16(7)4-5-17-6-8(14-15-17)10(19)13-11/h6-7H,2-5,11H2,1H3,(H,12,18)(H,13,19). The zero-order chi connectivity index (χ0) is 13.8. The number of hydrogen-bond acceptors (Lipinski definition) is 6. The van der Waals surface area contributed by atoms with Crippen LogP contribution in [0.15, 0.2) is 6.20 Å². The fourth-order valence-electron chi connectivity index (χ4n) is 1.95. The molecule has 1 aliphatic heterocycles. The van der Waals surface area contributed by atoms with Crippen molar-refractivity contribution in [2.24, 2.45) is 5.84 Å². The van der Waals surface area contributed by atoms with Crippen LogP contribution >= 0.6 is 0 Å². The average Bonchev–Trinajstić information content (AvgIpc) is 2.88. The summed E-state index contributed by atoms with van der Waals surface area (Å²) < 4.78 is 1.56. The number of carbonyl (C=O) groups excluding carboxylic acids is 2. The number of nitrogens with one attached hydrogen (secondary N) is 2. The van der Waals surface area contributed by atoms with E-state index < -0.39 is 5.91 Å². The minimum absolute atomic E-state index is 0.0352. The summed E-state index contributed by atoms with van der Waals surface area (Å²) in [6, 6.07) is -0.149. The number of nitrogens with two attached hydrogens (primary N) is 1. The molecule has 4 N–H and O–H groups in total. The Kier molecular flexibility index (Phi) is 4.07. The Morgan fingerprint density at radius 2 is 2.42 bits per heavy atom. The van der Waals surface area contributed by atoms with Gasteiger partial charge in [-0.3, -0.25) is 24.6 Å². The molecule has 1 aromatic heterocycles. The molecule has 1 aliphatic rings. The first-order chi connectivity index (χ1) is 9.11. The monoisotopic (exact) mass is 267 g/mol. The van der Waals surface area contributed by atoms with Crippen LogP contribution in [0.3, 0.4) is 0 Å². The van der Waals surface area contributed by atoms with Crippen LogP contribution in [0.4, 0.5) is 0 Å². The zero-order valence-corrected chi connectivity index (χ0v) is 10.7. The molecule has 1 aromatic rings. The van der Waals surface area contributed by atoms with E-state index >= 15 is 0 Å². The summed E-state index contributed by atoms with van der Waals surface area (Å²) in [4.78, 5) is 24.8. The van der Waals surface area contributed by atoms with E-state index in [2.05, 4.69) is 20.5 Å². The minimum Gasteiger partial charge on any atom is -0.353 e. The summed E-state index contributed by atoms with van der Waals surface area (Å²) in [6.45, 7) is 4.55. The van der Waals surface area contributed by atoms with Gasteiger partial charge in [-0.15, -0.1) is 5.10 Å². The molecule has 0 bridgehead atoms. The smallest absolute Gasteiger partial charge is 0.287 e. The lowest BCUT2D eigenvalue weighted by Crippen LogP contribution is -2.54. The van der Waals surface area contributed by atoms with Gasteiger partial charge in [0.1, 0.15) is 0 Å². The van der Waals surface area contributed by atoms with Gasteiger partial charge in [-0.05, 0) is 6.92 Å². The van der Waals surface area contributed by atoms with Crippen molar-refractivity contribution in [2.75, 3.05) is 19.6 Å². The second-order valence-corrected chi connectivity index (χ2v) is 4.34. The van der Waals surface area contributed by atoms with E-state index in [1.807, 2.05) is 12.3 Å². The third-order valence-corrected chi connectivity index (χ3v) is 3.14. The van der Waals surface area contributed by atoms with Crippen LogP contribution in [0, 0.1) is 0 Å². The van der Waals surface area contributed by atoms with Crippen molar-refractivity contribution in [1.29, 1.82) is 0 Å². The Morgan fingerprint density at radius 3 is 3.16 bits per heavy atom. The molecule has 0 saturated carbocycles. The highest BCUT2D eigenvalue weighted by atomic mass is 16.2. The number of hydrazine groups is 1. The maximum Gasteiger partial charge on any atom is 0.287 e. The summed E-state index contributed by atoms with van der Waals surface area (Å²) in [6.07, 6.45) is 1.52. The fraction of sp³-hybridized carbons (Fsp3) is 0.600. The predicted octanol–water partition coefficient (Wildman–Crippen LogP) is -2.30. The fourth-order valence-corrected chi connectivity index (χ4v) is 1.95. The SMILES string of the molecule is CC1C(=O)NCCN1CCn1cc(C(=O)NN)nn1. The first-order valence-corrected chi connectivity index (χ1v) is 6.04. The van der Waals surface area contributed by atoms with Crippen LogP contribution in [0.25, 0.3) is 0 Å². The van der Waals surface area contributed by atoms with Gasteiger partial charge in [-0.2, -0.15) is 0 Å². The van der Waals surface area contributed by atoms with Crippen molar-refractivity contribution in [3.05, 3.63) is 11.9 Å². The Bertz CT molecular complexity index is 472. The topological polar surface area (TPSA) is 118 Å². The van der Waals surface area contributed by atoms with Gasteiger partial charge in [0, 0.05) is 19.6 Å². The summed E-state index contributed by atoms with van der Waals surface area (Å²) in [5.41, 5.74) is 2.17. The highest BCUT2D eigenvalue weighted by Gasteiger charge is 2.24. The average molecular weight is 267 g/mol. The molecule has 0 aromatic carbocycles. The second-order valence-electron chi connectivity index (χ2n) is 4.34. The van der Waals surface area contributed by atoms with Gasteiger partial charge < -0.3 is 5.32 Å². The number of aromatic nitrogens is 3. The normalized spacial score (nSPS) is 20.1. The van der Waals surface area contributed by atoms with Crippen LogP contribution in [0.2, 0.25) is 0 Å². The Labute approximate surface area is 110 Å². The maximum atomic E-state index is 11.5. The quantitative estimate of drug-likeness (QED) is 0.321. The second kappa shape index (κ2) is 5.76. The molecule has 9 nitrogen and oxygen atoms in total. The summed E-state index contributed by atoms with van der Waals surface area (Å²) in [5.74, 6) is 4.57. The van der Waals surface area contributed by atoms with Crippen LogP contribution in [-0.4, -0.2) is 57.4 Å². The van der Waals surface area contributed by atoms with Gasteiger partial charge in [0.15, 0.2) is 5.69 Å². The number of nitrogens with zero attached hydrogens (tertiary/aromatic N) is 4. The highest BCUT2D eigenvalue weighted by Crippen LogP contribution is 2.04. The number of carbonyl (C=O) groups is 2. The molecule has 1 saturated heterocycles. The number of piperazine rings is 1. The Balaban J connectivity index is 1.90. The molecule has 0 aliphatic carbocycles. The van der Waals surface area contributed by atoms with Gasteiger partial charge in [0.25, 0.3) is 5.91 Å². The number of amides is 2. The summed E-state index contributed by atoms with van der Waals surface area (Å²) in [7, 11) is 0. The number of nitrogen functional groups attached to an aromatic ring is 1. The van der Waals surface area contributed by atoms with Gasteiger partial charge in [-0.25, -0.2) is 5.84 Å². The van der Waals surface area contributed by atoms with Crippen LogP contribution in [0.5, 0.6) is 0 Å². The number of rotatable bonds is 4. The van der Waals surface area contributed by atoms with E-state index in [1.165, 1.54) is 6.20 Å². The first kappa shape index (κ1) is 13.4. The molecule has 9 heteroatoms. The minimum atomic E-state index is -0.475. The molecular weight excluding hydrogens is 250 g/mol. The van der Waals surface area contributed by atoms with Gasteiger partial charge in [0.2, 0.25) is 5.91 Å². The molecule has 0 radical (unpaired) electrons. The van der Waals surface area contributed by atoms with Crippen molar-refractivity contribution >= 4 is 11.8 Å². The van der Waals surface area contributed by atoms with E-state index in [1.54, 1.807) is 4.68 Å². The molecule has 19 heavy (non-hydrogen) atoms. The third-order valence-electron chi connectivity index (χ3n) is 3.14. The molecule has 2 amide bonds. The third kappa shape index (κ3) is 3.06. The van der Waals surface area contributed by atoms with Gasteiger partial charge >= 0.3 is 0 Å². The van der Waals surface area contributed by atoms with Gasteiger partial charge in [-0.1, -0.05) is 5.21 Å². The van der Waals surface area contributed by atoms with Crippen molar-refractivity contribution in [1.82, 2.24) is 30.6 Å². The molecule has 1 fully saturated rings. The molecule has 1 unspecified atom stereocenters. The van der Waals surface area contributed by atoms with E-state index in [9.17, 15) is 9.59 Å². The maximum absolute atomic E-state index is 11.5. The van der Waals surface area contributed by atoms with Gasteiger partial charge in [0.05, 0.1) is 18.8 Å². The molecule has 0 spiro atoms. The molecule has 2 heterocycles. The predicted molar refractivity (Wildman–Crippen MR) is 65.7 cm³/mol.